The Morgan fingerprint density at radius 1 is 1.39 bits per heavy atom. The highest BCUT2D eigenvalue weighted by Crippen LogP contribution is 2.32. The SMILES string of the molecule is CN1CCNCC1C(=O)c1ccc2c(c1)OCO2. The Balaban J connectivity index is 1.83. The minimum atomic E-state index is -0.0980. The molecule has 1 N–H and O–H groups in total. The molecule has 1 unspecified atom stereocenters. The van der Waals surface area contributed by atoms with Crippen molar-refractivity contribution in [2.75, 3.05) is 33.5 Å². The van der Waals surface area contributed by atoms with Crippen LogP contribution in [0.15, 0.2) is 18.2 Å². The summed E-state index contributed by atoms with van der Waals surface area (Å²) >= 11 is 0. The number of hydrogen-bond donors (Lipinski definition) is 1. The van der Waals surface area contributed by atoms with Gasteiger partial charge in [0.1, 0.15) is 0 Å². The fourth-order valence-corrected chi connectivity index (χ4v) is 2.34. The molecule has 0 radical (unpaired) electrons. The number of ketones is 1. The van der Waals surface area contributed by atoms with E-state index in [9.17, 15) is 4.79 Å². The van der Waals surface area contributed by atoms with Crippen molar-refractivity contribution in [2.45, 2.75) is 6.04 Å². The third-order valence-electron chi connectivity index (χ3n) is 3.47. The summed E-state index contributed by atoms with van der Waals surface area (Å²) in [5.41, 5.74) is 0.680. The van der Waals surface area contributed by atoms with Gasteiger partial charge in [0.05, 0.1) is 6.04 Å². The van der Waals surface area contributed by atoms with Crippen LogP contribution in [0.3, 0.4) is 0 Å². The smallest absolute Gasteiger partial charge is 0.231 e. The summed E-state index contributed by atoms with van der Waals surface area (Å²) in [6, 6.07) is 5.27. The molecule has 1 saturated heterocycles. The van der Waals surface area contributed by atoms with Crippen LogP contribution in [0.2, 0.25) is 0 Å². The average molecular weight is 248 g/mol. The Hall–Kier alpha value is -1.59. The molecule has 2 aliphatic heterocycles. The van der Waals surface area contributed by atoms with Crippen LogP contribution in [-0.4, -0.2) is 50.2 Å². The van der Waals surface area contributed by atoms with Crippen molar-refractivity contribution in [1.82, 2.24) is 10.2 Å². The summed E-state index contributed by atoms with van der Waals surface area (Å²) in [6.45, 7) is 2.75. The number of fused-ring (bicyclic) bond motifs is 1. The maximum Gasteiger partial charge on any atom is 0.231 e. The highest BCUT2D eigenvalue weighted by atomic mass is 16.7. The summed E-state index contributed by atoms with van der Waals surface area (Å²) in [5, 5.41) is 3.25. The van der Waals surface area contributed by atoms with E-state index in [1.165, 1.54) is 0 Å². The van der Waals surface area contributed by atoms with Gasteiger partial charge in [-0.05, 0) is 25.2 Å². The summed E-state index contributed by atoms with van der Waals surface area (Å²) in [7, 11) is 1.98. The normalized spacial score (nSPS) is 23.1. The molecule has 0 amide bonds. The second-order valence-corrected chi connectivity index (χ2v) is 4.63. The minimum absolute atomic E-state index is 0.0980. The van der Waals surface area contributed by atoms with E-state index in [2.05, 4.69) is 10.2 Å². The molecule has 2 heterocycles. The topological polar surface area (TPSA) is 50.8 Å². The first-order chi connectivity index (χ1) is 8.75. The maximum absolute atomic E-state index is 12.4. The average Bonchev–Trinajstić information content (AvgIpc) is 2.85. The number of hydrogen-bond acceptors (Lipinski definition) is 5. The number of carbonyl (C=O) groups is 1. The quantitative estimate of drug-likeness (QED) is 0.772. The number of piperazine rings is 1. The van der Waals surface area contributed by atoms with Crippen LogP contribution in [0.1, 0.15) is 10.4 Å². The first-order valence-electron chi connectivity index (χ1n) is 6.10. The number of Topliss-reactive ketones (excluding diaryl/α,β-unsaturated/α-hetero) is 1. The predicted molar refractivity (Wildman–Crippen MR) is 66.2 cm³/mol. The Labute approximate surface area is 106 Å². The van der Waals surface area contributed by atoms with Gasteiger partial charge in [0.2, 0.25) is 6.79 Å². The Bertz CT molecular complexity index is 475. The molecule has 5 nitrogen and oxygen atoms in total. The molecular formula is C13H16N2O3. The highest BCUT2D eigenvalue weighted by molar-refractivity contribution is 6.00. The van der Waals surface area contributed by atoms with Gasteiger partial charge < -0.3 is 14.8 Å². The molecule has 1 fully saturated rings. The number of rotatable bonds is 2. The molecule has 0 spiro atoms. The van der Waals surface area contributed by atoms with Crippen LogP contribution in [-0.2, 0) is 0 Å². The fraction of sp³-hybridized carbons (Fsp3) is 0.462. The highest BCUT2D eigenvalue weighted by Gasteiger charge is 2.27. The molecular weight excluding hydrogens is 232 g/mol. The van der Waals surface area contributed by atoms with Gasteiger partial charge >= 0.3 is 0 Å². The summed E-state index contributed by atoms with van der Waals surface area (Å²) in [4.78, 5) is 14.5. The van der Waals surface area contributed by atoms with Gasteiger partial charge in [0, 0.05) is 25.2 Å². The zero-order chi connectivity index (χ0) is 12.5. The van der Waals surface area contributed by atoms with Gasteiger partial charge in [-0.25, -0.2) is 0 Å². The maximum atomic E-state index is 12.4. The number of ether oxygens (including phenoxy) is 2. The third-order valence-corrected chi connectivity index (χ3v) is 3.47. The zero-order valence-electron chi connectivity index (χ0n) is 10.3. The number of benzene rings is 1. The van der Waals surface area contributed by atoms with Crippen molar-refractivity contribution in [2.24, 2.45) is 0 Å². The number of nitrogens with zero attached hydrogens (tertiary/aromatic N) is 1. The Kier molecular flexibility index (Phi) is 2.93. The van der Waals surface area contributed by atoms with Gasteiger partial charge in [-0.1, -0.05) is 0 Å². The van der Waals surface area contributed by atoms with Crippen molar-refractivity contribution < 1.29 is 14.3 Å². The lowest BCUT2D eigenvalue weighted by Crippen LogP contribution is -2.53. The molecule has 0 bridgehead atoms. The van der Waals surface area contributed by atoms with Gasteiger partial charge in [0.15, 0.2) is 17.3 Å². The van der Waals surface area contributed by atoms with Crippen molar-refractivity contribution in [3.8, 4) is 11.5 Å². The van der Waals surface area contributed by atoms with Gasteiger partial charge in [-0.15, -0.1) is 0 Å². The number of nitrogens with one attached hydrogen (secondary N) is 1. The largest absolute Gasteiger partial charge is 0.454 e. The lowest BCUT2D eigenvalue weighted by Gasteiger charge is -2.31. The van der Waals surface area contributed by atoms with Crippen LogP contribution >= 0.6 is 0 Å². The van der Waals surface area contributed by atoms with Crippen molar-refractivity contribution >= 4 is 5.78 Å². The van der Waals surface area contributed by atoms with Gasteiger partial charge in [-0.3, -0.25) is 9.69 Å². The first-order valence-corrected chi connectivity index (χ1v) is 6.10. The molecule has 3 rings (SSSR count). The molecule has 96 valence electrons. The molecule has 1 atom stereocenters. The molecule has 0 saturated carbocycles. The van der Waals surface area contributed by atoms with Crippen molar-refractivity contribution in [3.63, 3.8) is 0 Å². The number of carbonyl (C=O) groups excluding carboxylic acids is 1. The number of likely N-dealkylation sites (N-methyl/N-ethyl adjacent to an activating group) is 1. The van der Waals surface area contributed by atoms with Gasteiger partial charge in [0.25, 0.3) is 0 Å². The van der Waals surface area contributed by atoms with E-state index >= 15 is 0 Å². The second kappa shape index (κ2) is 4.59. The van der Waals surface area contributed by atoms with Crippen LogP contribution in [0.4, 0.5) is 0 Å². The lowest BCUT2D eigenvalue weighted by atomic mass is 10.0. The summed E-state index contributed by atoms with van der Waals surface area (Å²) in [5.74, 6) is 1.50. The van der Waals surface area contributed by atoms with E-state index in [-0.39, 0.29) is 18.6 Å². The van der Waals surface area contributed by atoms with E-state index in [1.54, 1.807) is 18.2 Å². The molecule has 0 aliphatic carbocycles. The molecule has 18 heavy (non-hydrogen) atoms. The van der Waals surface area contributed by atoms with Crippen molar-refractivity contribution in [1.29, 1.82) is 0 Å². The van der Waals surface area contributed by atoms with Crippen LogP contribution < -0.4 is 14.8 Å². The third kappa shape index (κ3) is 1.95. The molecule has 2 aliphatic rings. The van der Waals surface area contributed by atoms with E-state index in [0.29, 0.717) is 23.6 Å². The van der Waals surface area contributed by atoms with Gasteiger partial charge in [-0.2, -0.15) is 0 Å². The Morgan fingerprint density at radius 2 is 2.22 bits per heavy atom. The first kappa shape index (κ1) is 11.5. The predicted octanol–water partition coefficient (Wildman–Crippen LogP) is 0.502. The minimum Gasteiger partial charge on any atom is -0.454 e. The Morgan fingerprint density at radius 3 is 3.06 bits per heavy atom. The zero-order valence-corrected chi connectivity index (χ0v) is 10.3. The van der Waals surface area contributed by atoms with Crippen LogP contribution in [0.25, 0.3) is 0 Å². The molecule has 1 aromatic carbocycles. The van der Waals surface area contributed by atoms with E-state index in [1.807, 2.05) is 7.05 Å². The van der Waals surface area contributed by atoms with E-state index in [4.69, 9.17) is 9.47 Å². The molecule has 1 aromatic rings. The van der Waals surface area contributed by atoms with E-state index in [0.717, 1.165) is 13.1 Å². The van der Waals surface area contributed by atoms with Crippen molar-refractivity contribution in [3.05, 3.63) is 23.8 Å². The summed E-state index contributed by atoms with van der Waals surface area (Å²) < 4.78 is 10.5. The lowest BCUT2D eigenvalue weighted by molar-refractivity contribution is 0.0819. The standard InChI is InChI=1S/C13H16N2O3/c1-15-5-4-14-7-10(15)13(16)9-2-3-11-12(6-9)18-8-17-11/h2-3,6,10,14H,4-5,7-8H2,1H3. The molecule has 0 aromatic heterocycles. The summed E-state index contributed by atoms with van der Waals surface area (Å²) in [6.07, 6.45) is 0. The van der Waals surface area contributed by atoms with Crippen LogP contribution in [0.5, 0.6) is 11.5 Å². The monoisotopic (exact) mass is 248 g/mol. The van der Waals surface area contributed by atoms with E-state index < -0.39 is 0 Å². The van der Waals surface area contributed by atoms with Crippen LogP contribution in [0, 0.1) is 0 Å². The second-order valence-electron chi connectivity index (χ2n) is 4.63. The molecule has 5 heteroatoms. The fourth-order valence-electron chi connectivity index (χ4n) is 2.34.